The van der Waals surface area contributed by atoms with Gasteiger partial charge in [-0.3, -0.25) is 0 Å². The van der Waals surface area contributed by atoms with Crippen molar-refractivity contribution < 1.29 is 17.7 Å². The smallest absolute Gasteiger partial charge is 0.245 e. The summed E-state index contributed by atoms with van der Waals surface area (Å²) in [5, 5.41) is 0.671. The second-order valence-corrected chi connectivity index (χ2v) is 9.01. The van der Waals surface area contributed by atoms with Crippen LogP contribution in [0.3, 0.4) is 0 Å². The van der Waals surface area contributed by atoms with Crippen molar-refractivity contribution in [1.29, 1.82) is 0 Å². The van der Waals surface area contributed by atoms with Gasteiger partial charge in [0.05, 0.1) is 38.3 Å². The van der Waals surface area contributed by atoms with Crippen LogP contribution in [0.4, 0.5) is 4.39 Å². The minimum absolute atomic E-state index is 0.210. The van der Waals surface area contributed by atoms with Crippen molar-refractivity contribution in [1.82, 2.24) is 9.29 Å². The Labute approximate surface area is 151 Å². The fourth-order valence-corrected chi connectivity index (χ4v) is 4.85. The zero-order chi connectivity index (χ0) is 17.9. The molecule has 1 N–H and O–H groups in total. The van der Waals surface area contributed by atoms with E-state index in [-0.39, 0.29) is 10.7 Å². The van der Waals surface area contributed by atoms with Crippen molar-refractivity contribution in [2.45, 2.75) is 15.7 Å². The number of thioether (sulfide) groups is 1. The van der Waals surface area contributed by atoms with E-state index in [4.69, 9.17) is 0 Å². The molecule has 2 aromatic rings. The van der Waals surface area contributed by atoms with Crippen LogP contribution in [-0.4, -0.2) is 50.9 Å². The zero-order valence-corrected chi connectivity index (χ0v) is 15.6. The minimum atomic E-state index is -3.49. The van der Waals surface area contributed by atoms with Gasteiger partial charge >= 0.3 is 0 Å². The van der Waals surface area contributed by atoms with Gasteiger partial charge in [-0.15, -0.1) is 11.8 Å². The molecule has 1 aromatic heterocycles. The second-order valence-electron chi connectivity index (χ2n) is 6.07. The first kappa shape index (κ1) is 18.3. The standard InChI is InChI=1S/C17H20FN3O2S2/c1-20-8-10-21(11-9-20)25(22,23)15-6-7-17(19-12-15)24-13-14-4-2-3-5-16(14)18/h2-7,12H,8-11,13H2,1H3/p+1. The van der Waals surface area contributed by atoms with Crippen LogP contribution in [0.1, 0.15) is 5.56 Å². The summed E-state index contributed by atoms with van der Waals surface area (Å²) in [4.78, 5) is 5.78. The maximum atomic E-state index is 13.6. The number of pyridine rings is 1. The van der Waals surface area contributed by atoms with Crippen LogP contribution in [-0.2, 0) is 15.8 Å². The molecule has 1 fully saturated rings. The van der Waals surface area contributed by atoms with E-state index in [2.05, 4.69) is 12.0 Å². The largest absolute Gasteiger partial charge is 0.335 e. The van der Waals surface area contributed by atoms with Crippen molar-refractivity contribution in [3.05, 3.63) is 54.0 Å². The van der Waals surface area contributed by atoms with E-state index in [9.17, 15) is 12.8 Å². The summed E-state index contributed by atoms with van der Waals surface area (Å²) in [5.41, 5.74) is 0.603. The highest BCUT2D eigenvalue weighted by Gasteiger charge is 2.29. The molecule has 0 bridgehead atoms. The van der Waals surface area contributed by atoms with E-state index in [1.165, 1.54) is 33.2 Å². The van der Waals surface area contributed by atoms with Crippen LogP contribution in [0.2, 0.25) is 0 Å². The number of sulfonamides is 1. The number of quaternary nitrogens is 1. The van der Waals surface area contributed by atoms with Gasteiger partial charge in [-0.05, 0) is 23.8 Å². The van der Waals surface area contributed by atoms with Gasteiger partial charge in [-0.1, -0.05) is 18.2 Å². The Kier molecular flexibility index (Phi) is 5.73. The number of likely N-dealkylation sites (N-methyl/N-ethyl adjacent to an activating group) is 1. The third kappa shape index (κ3) is 4.38. The first-order chi connectivity index (χ1) is 12.0. The number of halogens is 1. The maximum Gasteiger partial charge on any atom is 0.245 e. The predicted octanol–water partition coefficient (Wildman–Crippen LogP) is 1.03. The van der Waals surface area contributed by atoms with E-state index < -0.39 is 10.0 Å². The normalized spacial score (nSPS) is 16.9. The topological polar surface area (TPSA) is 54.7 Å². The average Bonchev–Trinajstić information content (AvgIpc) is 2.62. The molecular formula is C17H21FN3O2S2+. The van der Waals surface area contributed by atoms with Crippen LogP contribution in [0.15, 0.2) is 52.5 Å². The van der Waals surface area contributed by atoms with Crippen LogP contribution in [0, 0.1) is 5.82 Å². The molecular weight excluding hydrogens is 361 g/mol. The minimum Gasteiger partial charge on any atom is -0.335 e. The molecule has 0 radical (unpaired) electrons. The lowest BCUT2D eigenvalue weighted by Gasteiger charge is -2.29. The highest BCUT2D eigenvalue weighted by Crippen LogP contribution is 2.24. The van der Waals surface area contributed by atoms with Crippen molar-refractivity contribution in [2.75, 3.05) is 33.2 Å². The first-order valence-corrected chi connectivity index (χ1v) is 10.5. The molecule has 0 aliphatic carbocycles. The number of piperazine rings is 1. The summed E-state index contributed by atoms with van der Waals surface area (Å²) in [7, 11) is -1.43. The lowest BCUT2D eigenvalue weighted by atomic mass is 10.2. The SMILES string of the molecule is C[NH+]1CCN(S(=O)(=O)c2ccc(SCc3ccccc3F)nc2)CC1. The first-order valence-electron chi connectivity index (χ1n) is 8.10. The van der Waals surface area contributed by atoms with Gasteiger partial charge in [0.1, 0.15) is 10.7 Å². The quantitative estimate of drug-likeness (QED) is 0.785. The highest BCUT2D eigenvalue weighted by atomic mass is 32.2. The Bertz CT molecular complexity index is 820. The van der Waals surface area contributed by atoms with Crippen molar-refractivity contribution in [3.63, 3.8) is 0 Å². The molecule has 0 spiro atoms. The number of nitrogens with zero attached hydrogens (tertiary/aromatic N) is 2. The van der Waals surface area contributed by atoms with Crippen molar-refractivity contribution in [3.8, 4) is 0 Å². The van der Waals surface area contributed by atoms with Crippen LogP contribution in [0.25, 0.3) is 0 Å². The molecule has 3 rings (SSSR count). The number of aromatic nitrogens is 1. The molecule has 1 aliphatic rings. The van der Waals surface area contributed by atoms with Gasteiger partial charge in [-0.25, -0.2) is 17.8 Å². The molecule has 1 aromatic carbocycles. The summed E-state index contributed by atoms with van der Waals surface area (Å²) < 4.78 is 40.4. The summed E-state index contributed by atoms with van der Waals surface area (Å²) in [6.45, 7) is 2.67. The van der Waals surface area contributed by atoms with E-state index >= 15 is 0 Å². The van der Waals surface area contributed by atoms with Gasteiger partial charge in [0.2, 0.25) is 10.0 Å². The van der Waals surface area contributed by atoms with Crippen LogP contribution >= 0.6 is 11.8 Å². The molecule has 0 amide bonds. The van der Waals surface area contributed by atoms with Crippen LogP contribution < -0.4 is 4.90 Å². The van der Waals surface area contributed by atoms with E-state index in [0.717, 1.165) is 13.1 Å². The number of rotatable bonds is 5. The predicted molar refractivity (Wildman–Crippen MR) is 95.6 cm³/mol. The Hall–Kier alpha value is -1.48. The second kappa shape index (κ2) is 7.82. The fraction of sp³-hybridized carbons (Fsp3) is 0.353. The van der Waals surface area contributed by atoms with Crippen molar-refractivity contribution >= 4 is 21.8 Å². The number of nitrogens with one attached hydrogen (secondary N) is 1. The monoisotopic (exact) mass is 382 g/mol. The van der Waals surface area contributed by atoms with Crippen molar-refractivity contribution in [2.24, 2.45) is 0 Å². The van der Waals surface area contributed by atoms with E-state index in [0.29, 0.717) is 29.4 Å². The zero-order valence-electron chi connectivity index (χ0n) is 14.0. The van der Waals surface area contributed by atoms with E-state index in [1.54, 1.807) is 30.3 Å². The number of hydrogen-bond donors (Lipinski definition) is 1. The summed E-state index contributed by atoms with van der Waals surface area (Å²) in [5.74, 6) is 0.207. The highest BCUT2D eigenvalue weighted by molar-refractivity contribution is 7.98. The Morgan fingerprint density at radius 1 is 1.20 bits per heavy atom. The van der Waals surface area contributed by atoms with Gasteiger partial charge in [0, 0.05) is 11.9 Å². The maximum absolute atomic E-state index is 13.6. The lowest BCUT2D eigenvalue weighted by Crippen LogP contribution is -3.12. The summed E-state index contributed by atoms with van der Waals surface area (Å²) in [6.07, 6.45) is 1.39. The average molecular weight is 383 g/mol. The lowest BCUT2D eigenvalue weighted by molar-refractivity contribution is -0.883. The molecule has 1 aliphatic heterocycles. The molecule has 134 valence electrons. The van der Waals surface area contributed by atoms with E-state index in [1.807, 2.05) is 0 Å². The van der Waals surface area contributed by atoms with Gasteiger partial charge < -0.3 is 4.90 Å². The molecule has 25 heavy (non-hydrogen) atoms. The molecule has 0 saturated carbocycles. The Morgan fingerprint density at radius 3 is 2.56 bits per heavy atom. The molecule has 0 atom stereocenters. The fourth-order valence-electron chi connectivity index (χ4n) is 2.63. The molecule has 2 heterocycles. The molecule has 0 unspecified atom stereocenters. The third-order valence-corrected chi connectivity index (χ3v) is 7.13. The van der Waals surface area contributed by atoms with Gasteiger partial charge in [-0.2, -0.15) is 4.31 Å². The Morgan fingerprint density at radius 2 is 1.92 bits per heavy atom. The number of benzene rings is 1. The Balaban J connectivity index is 1.66. The number of hydrogen-bond acceptors (Lipinski definition) is 4. The third-order valence-electron chi connectivity index (χ3n) is 4.26. The molecule has 1 saturated heterocycles. The molecule has 8 heteroatoms. The van der Waals surface area contributed by atoms with Gasteiger partial charge in [0.25, 0.3) is 0 Å². The van der Waals surface area contributed by atoms with Crippen LogP contribution in [0.5, 0.6) is 0 Å². The molecule has 5 nitrogen and oxygen atoms in total. The summed E-state index contributed by atoms with van der Waals surface area (Å²) in [6, 6.07) is 9.87. The van der Waals surface area contributed by atoms with Gasteiger partial charge in [0.15, 0.2) is 0 Å². The summed E-state index contributed by atoms with van der Waals surface area (Å²) >= 11 is 1.38.